The summed E-state index contributed by atoms with van der Waals surface area (Å²) in [5, 5.41) is 3.94. The van der Waals surface area contributed by atoms with E-state index in [-0.39, 0.29) is 11.3 Å². The summed E-state index contributed by atoms with van der Waals surface area (Å²) in [4.78, 5) is 23.1. The molecule has 0 saturated heterocycles. The lowest BCUT2D eigenvalue weighted by Crippen LogP contribution is -2.26. The molecule has 0 radical (unpaired) electrons. The summed E-state index contributed by atoms with van der Waals surface area (Å²) in [6, 6.07) is 2.68. The average molecular weight is 254 g/mol. The van der Waals surface area contributed by atoms with Gasteiger partial charge in [-0.1, -0.05) is 13.3 Å². The molecule has 1 aromatic rings. The number of nitrogens with zero attached hydrogens (tertiary/aromatic N) is 2. The van der Waals surface area contributed by atoms with E-state index in [0.29, 0.717) is 19.8 Å². The summed E-state index contributed by atoms with van der Waals surface area (Å²) >= 11 is 0. The van der Waals surface area contributed by atoms with Crippen LogP contribution in [0.2, 0.25) is 0 Å². The van der Waals surface area contributed by atoms with Crippen LogP contribution in [0.1, 0.15) is 30.3 Å². The van der Waals surface area contributed by atoms with E-state index in [1.807, 2.05) is 6.92 Å². The maximum atomic E-state index is 11.6. The predicted molar refractivity (Wildman–Crippen MR) is 65.6 cm³/mol. The van der Waals surface area contributed by atoms with Crippen LogP contribution in [0.4, 0.5) is 0 Å². The number of hydrogen-bond donors (Lipinski definition) is 0. The van der Waals surface area contributed by atoms with Gasteiger partial charge < -0.3 is 9.47 Å². The average Bonchev–Trinajstić information content (AvgIpc) is 2.38. The van der Waals surface area contributed by atoms with Gasteiger partial charge in [-0.05, 0) is 12.5 Å². The molecule has 6 nitrogen and oxygen atoms in total. The Bertz CT molecular complexity index is 442. The van der Waals surface area contributed by atoms with Gasteiger partial charge in [-0.2, -0.15) is 5.10 Å². The molecular weight excluding hydrogens is 236 g/mol. The van der Waals surface area contributed by atoms with Gasteiger partial charge in [0.2, 0.25) is 0 Å². The quantitative estimate of drug-likeness (QED) is 0.533. The number of esters is 1. The molecule has 0 N–H and O–H groups in total. The van der Waals surface area contributed by atoms with Crippen molar-refractivity contribution >= 4 is 5.97 Å². The van der Waals surface area contributed by atoms with E-state index in [2.05, 4.69) is 5.10 Å². The zero-order valence-corrected chi connectivity index (χ0v) is 10.7. The molecular formula is C12H18N2O4. The van der Waals surface area contributed by atoms with E-state index in [1.54, 1.807) is 0 Å². The van der Waals surface area contributed by atoms with Crippen LogP contribution in [0.5, 0.6) is 0 Å². The third-order valence-corrected chi connectivity index (χ3v) is 2.31. The fourth-order valence-corrected chi connectivity index (χ4v) is 1.28. The molecule has 0 aliphatic heterocycles. The van der Waals surface area contributed by atoms with Crippen molar-refractivity contribution in [2.75, 3.05) is 20.3 Å². The highest BCUT2D eigenvalue weighted by atomic mass is 16.5. The Morgan fingerprint density at radius 3 is 2.83 bits per heavy atom. The van der Waals surface area contributed by atoms with Crippen LogP contribution in [-0.4, -0.2) is 36.1 Å². The molecule has 18 heavy (non-hydrogen) atoms. The van der Waals surface area contributed by atoms with Crippen molar-refractivity contribution in [3.63, 3.8) is 0 Å². The number of ether oxygens (including phenoxy) is 2. The van der Waals surface area contributed by atoms with Crippen LogP contribution in [0.15, 0.2) is 16.9 Å². The molecule has 0 bridgehead atoms. The van der Waals surface area contributed by atoms with E-state index in [4.69, 9.17) is 9.47 Å². The van der Waals surface area contributed by atoms with Crippen LogP contribution in [0.25, 0.3) is 0 Å². The number of carbonyl (C=O) groups is 1. The molecule has 0 fully saturated rings. The highest BCUT2D eigenvalue weighted by Gasteiger charge is 2.10. The molecule has 0 aliphatic rings. The summed E-state index contributed by atoms with van der Waals surface area (Å²) in [7, 11) is 1.54. The minimum Gasteiger partial charge on any atom is -0.461 e. The Labute approximate surface area is 106 Å². The number of unbranched alkanes of at least 4 members (excludes halogenated alkanes) is 1. The first-order valence-electron chi connectivity index (χ1n) is 5.93. The number of methoxy groups -OCH3 is 1. The second-order valence-corrected chi connectivity index (χ2v) is 3.76. The molecule has 0 aliphatic carbocycles. The molecule has 0 spiro atoms. The van der Waals surface area contributed by atoms with E-state index in [1.165, 1.54) is 23.9 Å². The zero-order valence-electron chi connectivity index (χ0n) is 10.7. The first-order chi connectivity index (χ1) is 8.69. The summed E-state index contributed by atoms with van der Waals surface area (Å²) in [6.07, 6.45) is 1.77. The first-order valence-corrected chi connectivity index (χ1v) is 5.93. The summed E-state index contributed by atoms with van der Waals surface area (Å²) in [5.41, 5.74) is -0.126. The molecule has 1 heterocycles. The van der Waals surface area contributed by atoms with Crippen LogP contribution in [0.3, 0.4) is 0 Å². The predicted octanol–water partition coefficient (Wildman–Crippen LogP) is 0.847. The number of carbonyl (C=O) groups excluding carboxylic acids is 1. The Hall–Kier alpha value is -1.69. The summed E-state index contributed by atoms with van der Waals surface area (Å²) < 4.78 is 11.1. The molecule has 100 valence electrons. The smallest absolute Gasteiger partial charge is 0.358 e. The van der Waals surface area contributed by atoms with Gasteiger partial charge >= 0.3 is 5.97 Å². The highest BCUT2D eigenvalue weighted by Crippen LogP contribution is 1.97. The van der Waals surface area contributed by atoms with E-state index < -0.39 is 5.97 Å². The van der Waals surface area contributed by atoms with Gasteiger partial charge in [0.1, 0.15) is 0 Å². The van der Waals surface area contributed by atoms with Gasteiger partial charge in [0.15, 0.2) is 5.69 Å². The fourth-order valence-electron chi connectivity index (χ4n) is 1.28. The van der Waals surface area contributed by atoms with Crippen LogP contribution < -0.4 is 5.56 Å². The van der Waals surface area contributed by atoms with Crippen LogP contribution in [0, 0.1) is 0 Å². The molecule has 1 rings (SSSR count). The van der Waals surface area contributed by atoms with Crippen molar-refractivity contribution in [2.45, 2.75) is 26.3 Å². The Morgan fingerprint density at radius 2 is 2.17 bits per heavy atom. The molecule has 0 atom stereocenters. The van der Waals surface area contributed by atoms with Crippen LogP contribution in [-0.2, 0) is 16.0 Å². The monoisotopic (exact) mass is 254 g/mol. The topological polar surface area (TPSA) is 70.4 Å². The van der Waals surface area contributed by atoms with Gasteiger partial charge in [-0.3, -0.25) is 4.79 Å². The van der Waals surface area contributed by atoms with Crippen molar-refractivity contribution < 1.29 is 14.3 Å². The maximum absolute atomic E-state index is 11.6. The molecule has 0 aromatic carbocycles. The van der Waals surface area contributed by atoms with Crippen molar-refractivity contribution in [1.29, 1.82) is 0 Å². The van der Waals surface area contributed by atoms with Crippen LogP contribution >= 0.6 is 0 Å². The fraction of sp³-hybridized carbons (Fsp3) is 0.583. The second-order valence-electron chi connectivity index (χ2n) is 3.76. The summed E-state index contributed by atoms with van der Waals surface area (Å²) in [6.45, 7) is 3.05. The number of rotatable bonds is 7. The third kappa shape index (κ3) is 4.29. The van der Waals surface area contributed by atoms with Gasteiger partial charge in [-0.25, -0.2) is 9.48 Å². The Morgan fingerprint density at radius 1 is 1.39 bits per heavy atom. The van der Waals surface area contributed by atoms with Gasteiger partial charge in [-0.15, -0.1) is 0 Å². The standard InChI is InChI=1S/C12H18N2O4/c1-3-4-8-18-12(16)10-5-6-11(15)14(13-10)7-9-17-2/h5-6H,3-4,7-9H2,1-2H3. The Balaban J connectivity index is 2.71. The molecule has 6 heteroatoms. The highest BCUT2D eigenvalue weighted by molar-refractivity contribution is 5.86. The Kier molecular flexibility index (Phi) is 6.07. The van der Waals surface area contributed by atoms with E-state index in [0.717, 1.165) is 12.8 Å². The van der Waals surface area contributed by atoms with Gasteiger partial charge in [0.05, 0.1) is 19.8 Å². The number of hydrogen-bond acceptors (Lipinski definition) is 5. The lowest BCUT2D eigenvalue weighted by Gasteiger charge is -2.06. The molecule has 0 amide bonds. The van der Waals surface area contributed by atoms with Gasteiger partial charge in [0.25, 0.3) is 5.56 Å². The molecule has 0 saturated carbocycles. The van der Waals surface area contributed by atoms with E-state index in [9.17, 15) is 9.59 Å². The van der Waals surface area contributed by atoms with Gasteiger partial charge in [0, 0.05) is 13.2 Å². The van der Waals surface area contributed by atoms with Crippen molar-refractivity contribution in [3.05, 3.63) is 28.2 Å². The largest absolute Gasteiger partial charge is 0.461 e. The zero-order chi connectivity index (χ0) is 13.4. The van der Waals surface area contributed by atoms with Crippen molar-refractivity contribution in [1.82, 2.24) is 9.78 Å². The first kappa shape index (κ1) is 14.4. The lowest BCUT2D eigenvalue weighted by atomic mass is 10.3. The van der Waals surface area contributed by atoms with Crippen molar-refractivity contribution in [3.8, 4) is 0 Å². The molecule has 1 aromatic heterocycles. The minimum atomic E-state index is -0.505. The number of aromatic nitrogens is 2. The third-order valence-electron chi connectivity index (χ3n) is 2.31. The van der Waals surface area contributed by atoms with E-state index >= 15 is 0 Å². The lowest BCUT2D eigenvalue weighted by molar-refractivity contribution is 0.0489. The maximum Gasteiger partial charge on any atom is 0.358 e. The molecule has 0 unspecified atom stereocenters. The second kappa shape index (κ2) is 7.60. The SMILES string of the molecule is CCCCOC(=O)c1ccc(=O)n(CCOC)n1. The minimum absolute atomic E-state index is 0.141. The normalized spacial score (nSPS) is 10.3. The van der Waals surface area contributed by atoms with Crippen molar-refractivity contribution in [2.24, 2.45) is 0 Å². The summed E-state index contributed by atoms with van der Waals surface area (Å²) in [5.74, 6) is -0.505.